The Bertz CT molecular complexity index is 963. The molecule has 3 rings (SSSR count). The number of nitrogens with zero attached hydrogens (tertiary/aromatic N) is 1. The summed E-state index contributed by atoms with van der Waals surface area (Å²) in [5.74, 6) is 0.761. The van der Waals surface area contributed by atoms with Crippen LogP contribution in [0.4, 0.5) is 0 Å². The first-order chi connectivity index (χ1) is 13.8. The maximum absolute atomic E-state index is 11.8. The minimum Gasteiger partial charge on any atom is -0.356 e. The monoisotopic (exact) mass is 413 g/mol. The second-order valence-corrected chi connectivity index (χ2v) is 9.99. The Hall–Kier alpha value is -2.34. The number of aliphatic imine (C=N–C) groups is 1. The number of sulfone groups is 1. The molecule has 6 heteroatoms. The van der Waals surface area contributed by atoms with Crippen molar-refractivity contribution in [1.82, 2.24) is 10.6 Å². The molecule has 0 atom stereocenters. The SMILES string of the molecule is CN=C(NCc1ccc(S(C)(=O)=O)c(C)c1)NCC1(c2ccccc2)CCCC1. The van der Waals surface area contributed by atoms with E-state index in [0.29, 0.717) is 11.4 Å². The first kappa shape index (κ1) is 21.4. The molecule has 0 spiro atoms. The molecule has 156 valence electrons. The molecule has 5 nitrogen and oxygen atoms in total. The van der Waals surface area contributed by atoms with Crippen LogP contribution in [-0.2, 0) is 21.8 Å². The van der Waals surface area contributed by atoms with Crippen LogP contribution in [0.1, 0.15) is 42.4 Å². The Balaban J connectivity index is 1.63. The maximum Gasteiger partial charge on any atom is 0.191 e. The van der Waals surface area contributed by atoms with Gasteiger partial charge in [-0.1, -0.05) is 55.3 Å². The predicted octanol–water partition coefficient (Wildman–Crippen LogP) is 3.58. The Morgan fingerprint density at radius 2 is 1.76 bits per heavy atom. The van der Waals surface area contributed by atoms with Crippen LogP contribution in [-0.4, -0.2) is 34.2 Å². The van der Waals surface area contributed by atoms with E-state index in [4.69, 9.17) is 0 Å². The first-order valence-electron chi connectivity index (χ1n) is 10.1. The zero-order valence-electron chi connectivity index (χ0n) is 17.5. The van der Waals surface area contributed by atoms with Gasteiger partial charge in [0.25, 0.3) is 0 Å². The van der Waals surface area contributed by atoms with E-state index in [1.54, 1.807) is 13.1 Å². The summed E-state index contributed by atoms with van der Waals surface area (Å²) >= 11 is 0. The number of rotatable bonds is 6. The van der Waals surface area contributed by atoms with Crippen molar-refractivity contribution in [2.75, 3.05) is 19.8 Å². The van der Waals surface area contributed by atoms with Gasteiger partial charge in [-0.25, -0.2) is 8.42 Å². The molecule has 0 amide bonds. The molecule has 1 aliphatic carbocycles. The molecule has 0 saturated heterocycles. The molecule has 0 unspecified atom stereocenters. The molecule has 1 aliphatic rings. The molecule has 0 aromatic heterocycles. The third kappa shape index (κ3) is 5.18. The smallest absolute Gasteiger partial charge is 0.191 e. The molecule has 0 heterocycles. The lowest BCUT2D eigenvalue weighted by molar-refractivity contribution is 0.431. The van der Waals surface area contributed by atoms with Gasteiger partial charge in [0.15, 0.2) is 15.8 Å². The molecule has 29 heavy (non-hydrogen) atoms. The molecule has 1 fully saturated rings. The van der Waals surface area contributed by atoms with Gasteiger partial charge in [0.2, 0.25) is 0 Å². The maximum atomic E-state index is 11.8. The van der Waals surface area contributed by atoms with Crippen LogP contribution in [0.2, 0.25) is 0 Å². The highest BCUT2D eigenvalue weighted by Crippen LogP contribution is 2.40. The van der Waals surface area contributed by atoms with E-state index >= 15 is 0 Å². The zero-order chi connectivity index (χ0) is 20.9. The van der Waals surface area contributed by atoms with Crippen molar-refractivity contribution in [2.24, 2.45) is 4.99 Å². The van der Waals surface area contributed by atoms with Gasteiger partial charge in [-0.3, -0.25) is 4.99 Å². The van der Waals surface area contributed by atoms with E-state index in [1.807, 2.05) is 19.1 Å². The molecule has 2 N–H and O–H groups in total. The number of benzene rings is 2. The number of aryl methyl sites for hydroxylation is 1. The fourth-order valence-corrected chi connectivity index (χ4v) is 5.27. The molecule has 0 radical (unpaired) electrons. The average molecular weight is 414 g/mol. The molecule has 2 aromatic rings. The van der Waals surface area contributed by atoms with Crippen LogP contribution in [0.25, 0.3) is 0 Å². The van der Waals surface area contributed by atoms with Gasteiger partial charge in [0.05, 0.1) is 4.90 Å². The summed E-state index contributed by atoms with van der Waals surface area (Å²) in [5.41, 5.74) is 3.35. The van der Waals surface area contributed by atoms with Gasteiger partial charge < -0.3 is 10.6 Å². The lowest BCUT2D eigenvalue weighted by atomic mass is 9.79. The van der Waals surface area contributed by atoms with Crippen LogP contribution in [0, 0.1) is 6.92 Å². The highest BCUT2D eigenvalue weighted by molar-refractivity contribution is 7.90. The van der Waals surface area contributed by atoms with Gasteiger partial charge in [0, 0.05) is 31.8 Å². The Morgan fingerprint density at radius 3 is 2.34 bits per heavy atom. The van der Waals surface area contributed by atoms with Gasteiger partial charge in [-0.15, -0.1) is 0 Å². The minimum atomic E-state index is -3.19. The Morgan fingerprint density at radius 1 is 1.07 bits per heavy atom. The normalized spacial score (nSPS) is 16.6. The van der Waals surface area contributed by atoms with E-state index in [2.05, 4.69) is 46.0 Å². The summed E-state index contributed by atoms with van der Waals surface area (Å²) in [4.78, 5) is 4.75. The topological polar surface area (TPSA) is 70.6 Å². The Kier molecular flexibility index (Phi) is 6.63. The predicted molar refractivity (Wildman–Crippen MR) is 119 cm³/mol. The Labute approximate surface area is 174 Å². The van der Waals surface area contributed by atoms with Crippen LogP contribution >= 0.6 is 0 Å². The van der Waals surface area contributed by atoms with Crippen molar-refractivity contribution in [3.05, 3.63) is 65.2 Å². The van der Waals surface area contributed by atoms with E-state index in [1.165, 1.54) is 37.5 Å². The summed E-state index contributed by atoms with van der Waals surface area (Å²) in [6.07, 6.45) is 6.13. The molecule has 2 aromatic carbocycles. The van der Waals surface area contributed by atoms with Gasteiger partial charge in [0.1, 0.15) is 0 Å². The van der Waals surface area contributed by atoms with Crippen molar-refractivity contribution >= 4 is 15.8 Å². The molecule has 1 saturated carbocycles. The number of guanidine groups is 1. The quantitative estimate of drug-likeness (QED) is 0.561. The number of hydrogen-bond donors (Lipinski definition) is 2. The summed E-state index contributed by atoms with van der Waals surface area (Å²) in [7, 11) is -1.42. The zero-order valence-corrected chi connectivity index (χ0v) is 18.3. The van der Waals surface area contributed by atoms with Gasteiger partial charge in [-0.2, -0.15) is 0 Å². The molecular weight excluding hydrogens is 382 g/mol. The van der Waals surface area contributed by atoms with Crippen molar-refractivity contribution in [2.45, 2.75) is 49.5 Å². The fraction of sp³-hybridized carbons (Fsp3) is 0.435. The fourth-order valence-electron chi connectivity index (χ4n) is 4.31. The second kappa shape index (κ2) is 8.99. The first-order valence-corrected chi connectivity index (χ1v) is 12.0. The van der Waals surface area contributed by atoms with Crippen LogP contribution in [0.5, 0.6) is 0 Å². The van der Waals surface area contributed by atoms with Crippen LogP contribution in [0.3, 0.4) is 0 Å². The van der Waals surface area contributed by atoms with Crippen LogP contribution in [0.15, 0.2) is 58.4 Å². The molecule has 0 aliphatic heterocycles. The third-order valence-corrected chi connectivity index (χ3v) is 7.12. The molecular formula is C23H31N3O2S. The third-order valence-electron chi connectivity index (χ3n) is 5.86. The average Bonchev–Trinajstić information content (AvgIpc) is 3.18. The molecule has 0 bridgehead atoms. The minimum absolute atomic E-state index is 0.159. The van der Waals surface area contributed by atoms with Gasteiger partial charge >= 0.3 is 0 Å². The summed E-state index contributed by atoms with van der Waals surface area (Å²) in [6.45, 7) is 3.27. The van der Waals surface area contributed by atoms with Crippen molar-refractivity contribution < 1.29 is 8.42 Å². The largest absolute Gasteiger partial charge is 0.356 e. The standard InChI is InChI=1S/C23H31N3O2S/c1-18-15-19(11-12-21(18)29(3,27)28)16-25-22(24-2)26-17-23(13-7-8-14-23)20-9-5-4-6-10-20/h4-6,9-12,15H,7-8,13-14,16-17H2,1-3H3,(H2,24,25,26). The van der Waals surface area contributed by atoms with Gasteiger partial charge in [-0.05, 0) is 42.5 Å². The van der Waals surface area contributed by atoms with E-state index in [9.17, 15) is 8.42 Å². The van der Waals surface area contributed by atoms with Crippen LogP contribution < -0.4 is 10.6 Å². The lowest BCUT2D eigenvalue weighted by Gasteiger charge is -2.30. The van der Waals surface area contributed by atoms with E-state index in [-0.39, 0.29) is 5.41 Å². The number of hydrogen-bond acceptors (Lipinski definition) is 3. The van der Waals surface area contributed by atoms with Crippen molar-refractivity contribution in [3.63, 3.8) is 0 Å². The van der Waals surface area contributed by atoms with E-state index in [0.717, 1.165) is 23.6 Å². The summed E-state index contributed by atoms with van der Waals surface area (Å²) in [5, 5.41) is 6.87. The van der Waals surface area contributed by atoms with Crippen molar-refractivity contribution in [1.29, 1.82) is 0 Å². The van der Waals surface area contributed by atoms with Crippen molar-refractivity contribution in [3.8, 4) is 0 Å². The lowest BCUT2D eigenvalue weighted by Crippen LogP contribution is -2.44. The summed E-state index contributed by atoms with van der Waals surface area (Å²) in [6, 6.07) is 16.2. The highest BCUT2D eigenvalue weighted by Gasteiger charge is 2.35. The number of nitrogens with one attached hydrogen (secondary N) is 2. The summed E-state index contributed by atoms with van der Waals surface area (Å²) < 4.78 is 23.6. The second-order valence-electron chi connectivity index (χ2n) is 8.00. The highest BCUT2D eigenvalue weighted by atomic mass is 32.2. The van der Waals surface area contributed by atoms with E-state index < -0.39 is 9.84 Å².